The topological polar surface area (TPSA) is 163 Å². The van der Waals surface area contributed by atoms with Crippen LogP contribution >= 0.6 is 7.82 Å². The monoisotopic (exact) mass is 336 g/mol. The zero-order valence-electron chi connectivity index (χ0n) is 9.92. The normalized spacial score (nSPS) is 35.8. The van der Waals surface area contributed by atoms with Crippen molar-refractivity contribution in [3.63, 3.8) is 0 Å². The summed E-state index contributed by atoms with van der Waals surface area (Å²) in [5.74, 6) is -2.40. The van der Waals surface area contributed by atoms with Gasteiger partial charge in [-0.25, -0.2) is 0 Å². The number of phosphoric acid groups is 1. The summed E-state index contributed by atoms with van der Waals surface area (Å²) in [4.78, 5) is 20.3. The van der Waals surface area contributed by atoms with Crippen molar-refractivity contribution in [3.8, 4) is 0 Å². The minimum Gasteiger partial charge on any atom is -0.790 e. The van der Waals surface area contributed by atoms with Crippen LogP contribution in [0.2, 0.25) is 0 Å². The fourth-order valence-electron chi connectivity index (χ4n) is 1.30. The van der Waals surface area contributed by atoms with Crippen LogP contribution in [-0.2, 0) is 13.8 Å². The molecule has 0 aliphatic carbocycles. The van der Waals surface area contributed by atoms with Crippen molar-refractivity contribution in [3.05, 3.63) is 0 Å². The minimum absolute atomic E-state index is 0. The Balaban J connectivity index is 0. The molecule has 12 heteroatoms. The molecule has 1 saturated heterocycles. The van der Waals surface area contributed by atoms with Crippen LogP contribution in [0, 0.1) is 0 Å². The van der Waals surface area contributed by atoms with E-state index in [1.165, 1.54) is 0 Å². The largest absolute Gasteiger partial charge is 1.00 e. The molecule has 1 fully saturated rings. The first kappa shape index (κ1) is 23.4. The maximum absolute atomic E-state index is 10.1. The molecule has 4 N–H and O–H groups in total. The molecule has 4 atom stereocenters. The van der Waals surface area contributed by atoms with Crippen LogP contribution in [0.15, 0.2) is 0 Å². The average molecular weight is 336 g/mol. The van der Waals surface area contributed by atoms with E-state index >= 15 is 0 Å². The second kappa shape index (κ2) is 9.35. The number of aliphatic hydroxyl groups is 4. The first-order chi connectivity index (χ1) is 7.19. The van der Waals surface area contributed by atoms with Gasteiger partial charge in [0.05, 0.1) is 21.0 Å². The smallest absolute Gasteiger partial charge is 0.790 e. The summed E-state index contributed by atoms with van der Waals surface area (Å²) in [7, 11) is -5.23. The molecule has 0 aromatic heterocycles. The van der Waals surface area contributed by atoms with Gasteiger partial charge in [0.2, 0.25) is 5.79 Å². The second-order valence-corrected chi connectivity index (χ2v) is 4.49. The third kappa shape index (κ3) is 6.52. The molecule has 1 unspecified atom stereocenters. The van der Waals surface area contributed by atoms with Crippen molar-refractivity contribution in [2.45, 2.75) is 24.1 Å². The molecular weight excluding hydrogens is 325 g/mol. The molecule has 0 saturated carbocycles. The van der Waals surface area contributed by atoms with E-state index in [0.29, 0.717) is 0 Å². The third-order valence-corrected chi connectivity index (χ3v) is 2.61. The Morgan fingerprint density at radius 3 is 2.17 bits per heavy atom. The first-order valence-corrected chi connectivity index (χ1v) is 5.69. The molecule has 1 heterocycles. The van der Waals surface area contributed by atoms with Crippen LogP contribution in [0.3, 0.4) is 0 Å². The summed E-state index contributed by atoms with van der Waals surface area (Å²) in [5, 5.41) is 36.6. The van der Waals surface area contributed by atoms with Gasteiger partial charge in [-0.1, -0.05) is 0 Å². The Kier molecular flexibility index (Phi) is 12.2. The fraction of sp³-hybridized carbons (Fsp3) is 1.00. The van der Waals surface area contributed by atoms with Crippen LogP contribution in [0.4, 0.5) is 0 Å². The van der Waals surface area contributed by atoms with Crippen LogP contribution < -0.4 is 113 Å². The summed E-state index contributed by atoms with van der Waals surface area (Å²) in [6.45, 7) is -1.86. The van der Waals surface area contributed by atoms with Crippen LogP contribution in [0.25, 0.3) is 0 Å². The maximum Gasteiger partial charge on any atom is 1.00 e. The van der Waals surface area contributed by atoms with E-state index in [2.05, 4.69) is 9.26 Å². The molecule has 0 radical (unpaired) electrons. The van der Waals surface area contributed by atoms with Crippen molar-refractivity contribution >= 4 is 7.82 Å². The van der Waals surface area contributed by atoms with Crippen molar-refractivity contribution in [2.75, 3.05) is 13.2 Å². The Bertz CT molecular complexity index is 299. The quantitative estimate of drug-likeness (QED) is 0.288. The van der Waals surface area contributed by atoms with E-state index in [0.717, 1.165) is 0 Å². The maximum atomic E-state index is 10.1. The molecular formula is C6H11K2O9P. The van der Waals surface area contributed by atoms with Crippen molar-refractivity contribution < 1.29 is 147 Å². The van der Waals surface area contributed by atoms with Gasteiger partial charge < -0.3 is 44.0 Å². The molecule has 96 valence electrons. The summed E-state index contributed by atoms with van der Waals surface area (Å²) < 4.78 is 18.6. The number of hydrogen-bond acceptors (Lipinski definition) is 9. The molecule has 18 heavy (non-hydrogen) atoms. The minimum atomic E-state index is -5.23. The zero-order valence-corrected chi connectivity index (χ0v) is 17.1. The van der Waals surface area contributed by atoms with Gasteiger partial charge in [-0.15, -0.1) is 0 Å². The van der Waals surface area contributed by atoms with E-state index in [9.17, 15) is 29.7 Å². The second-order valence-electron chi connectivity index (χ2n) is 3.34. The molecule has 0 aromatic rings. The number of hydrogen-bond donors (Lipinski definition) is 4. The van der Waals surface area contributed by atoms with E-state index in [4.69, 9.17) is 5.11 Å². The molecule has 0 amide bonds. The van der Waals surface area contributed by atoms with Gasteiger partial charge in [-0.3, -0.25) is 0 Å². The predicted octanol–water partition coefficient (Wildman–Crippen LogP) is -10.4. The Morgan fingerprint density at radius 1 is 1.33 bits per heavy atom. The van der Waals surface area contributed by atoms with Gasteiger partial charge >= 0.3 is 103 Å². The molecule has 0 aromatic carbocycles. The molecule has 9 nitrogen and oxygen atoms in total. The first-order valence-electron chi connectivity index (χ1n) is 4.23. The van der Waals surface area contributed by atoms with Gasteiger partial charge in [0.15, 0.2) is 0 Å². The third-order valence-electron chi connectivity index (χ3n) is 2.15. The van der Waals surface area contributed by atoms with Crippen LogP contribution in [0.1, 0.15) is 0 Å². The van der Waals surface area contributed by atoms with E-state index in [-0.39, 0.29) is 103 Å². The average Bonchev–Trinajstić information content (AvgIpc) is 2.40. The summed E-state index contributed by atoms with van der Waals surface area (Å²) >= 11 is 0. The number of ether oxygens (including phenoxy) is 1. The molecule has 1 rings (SSSR count). The predicted molar refractivity (Wildman–Crippen MR) is 42.5 cm³/mol. The van der Waals surface area contributed by atoms with E-state index < -0.39 is 45.1 Å². The fourth-order valence-corrected chi connectivity index (χ4v) is 1.63. The summed E-state index contributed by atoms with van der Waals surface area (Å²) in [5.41, 5.74) is 0. The molecule has 0 bridgehead atoms. The van der Waals surface area contributed by atoms with Crippen LogP contribution in [-0.4, -0.2) is 57.7 Å². The van der Waals surface area contributed by atoms with Gasteiger partial charge in [-0.05, 0) is 0 Å². The van der Waals surface area contributed by atoms with E-state index in [1.54, 1.807) is 0 Å². The Morgan fingerprint density at radius 2 is 1.83 bits per heavy atom. The summed E-state index contributed by atoms with van der Waals surface area (Å²) in [6.07, 6.45) is -4.93. The number of rotatable bonds is 4. The Labute approximate surface area is 188 Å². The van der Waals surface area contributed by atoms with Crippen LogP contribution in [0.5, 0.6) is 0 Å². The van der Waals surface area contributed by atoms with Gasteiger partial charge in [-0.2, -0.15) is 0 Å². The van der Waals surface area contributed by atoms with E-state index in [1.807, 2.05) is 0 Å². The van der Waals surface area contributed by atoms with Crippen molar-refractivity contribution in [2.24, 2.45) is 0 Å². The molecule has 1 aliphatic rings. The van der Waals surface area contributed by atoms with Crippen molar-refractivity contribution in [1.29, 1.82) is 0 Å². The molecule has 1 aliphatic heterocycles. The Hall–Kier alpha value is 3.18. The summed E-state index contributed by atoms with van der Waals surface area (Å²) in [6, 6.07) is 0. The van der Waals surface area contributed by atoms with Gasteiger partial charge in [0.25, 0.3) is 0 Å². The standard InChI is InChI=1S/C6H13O9P.2K/c7-2-6(10)5(9)4(8)3(15-6)1-14-16(11,12)13;;/h3-5,7-10H,1-2H2,(H2,11,12,13);;/q;2*+1/p-2/t3-,4-,5+,6?;;/m1../s1. The zero-order chi connectivity index (χ0) is 12.6. The van der Waals surface area contributed by atoms with Crippen molar-refractivity contribution in [1.82, 2.24) is 0 Å². The SMILES string of the molecule is O=P([O-])([O-])OC[C@H]1OC(O)(CO)[C@@H](O)[C@@H]1O.[K+].[K+]. The van der Waals surface area contributed by atoms with Gasteiger partial charge in [0.1, 0.15) is 18.3 Å². The number of aliphatic hydroxyl groups excluding tert-OH is 3. The molecule has 0 spiro atoms. The number of phosphoric ester groups is 1. The van der Waals surface area contributed by atoms with Gasteiger partial charge in [0, 0.05) is 0 Å².